The number of rotatable bonds is 5. The van der Waals surface area contributed by atoms with Gasteiger partial charge >= 0.3 is 0 Å². The molecule has 1 heterocycles. The van der Waals surface area contributed by atoms with Gasteiger partial charge in [-0.05, 0) is 36.6 Å². The van der Waals surface area contributed by atoms with Crippen LogP contribution in [-0.2, 0) is 17.8 Å². The number of benzene rings is 1. The molecule has 0 fully saturated rings. The van der Waals surface area contributed by atoms with Crippen LogP contribution < -0.4 is 4.74 Å². The Labute approximate surface area is 119 Å². The fraction of sp³-hybridized carbons (Fsp3) is 0.375. The van der Waals surface area contributed by atoms with Crippen LogP contribution in [0, 0.1) is 0 Å². The zero-order chi connectivity index (χ0) is 14.5. The minimum atomic E-state index is -0.110. The number of allylic oxidation sites excluding steroid dienone is 1. The number of ether oxygens (including phenoxy) is 2. The summed E-state index contributed by atoms with van der Waals surface area (Å²) in [5.74, 6) is 1.37. The van der Waals surface area contributed by atoms with E-state index in [2.05, 4.69) is 0 Å². The van der Waals surface area contributed by atoms with E-state index in [1.54, 1.807) is 7.11 Å². The second-order valence-corrected chi connectivity index (χ2v) is 4.79. The van der Waals surface area contributed by atoms with Gasteiger partial charge in [0.1, 0.15) is 24.7 Å². The van der Waals surface area contributed by atoms with Crippen molar-refractivity contribution in [1.29, 1.82) is 0 Å². The predicted octanol–water partition coefficient (Wildman–Crippen LogP) is 2.04. The lowest BCUT2D eigenvalue weighted by molar-refractivity contribution is 0.150. The fourth-order valence-electron chi connectivity index (χ4n) is 2.21. The molecule has 4 heteroatoms. The van der Waals surface area contributed by atoms with E-state index < -0.39 is 0 Å². The average Bonchev–Trinajstić information content (AvgIpc) is 2.51. The van der Waals surface area contributed by atoms with Crippen LogP contribution in [-0.4, -0.2) is 30.5 Å². The smallest absolute Gasteiger partial charge is 0.122 e. The first kappa shape index (κ1) is 14.6. The number of aliphatic hydroxyl groups is 2. The molecule has 0 aliphatic carbocycles. The molecule has 0 amide bonds. The Bertz CT molecular complexity index is 544. The van der Waals surface area contributed by atoms with Gasteiger partial charge in [-0.25, -0.2) is 0 Å². The van der Waals surface area contributed by atoms with Crippen molar-refractivity contribution in [2.45, 2.75) is 20.0 Å². The Morgan fingerprint density at radius 1 is 1.40 bits per heavy atom. The van der Waals surface area contributed by atoms with Crippen molar-refractivity contribution in [1.82, 2.24) is 0 Å². The minimum absolute atomic E-state index is 0.0537. The Morgan fingerprint density at radius 2 is 2.20 bits per heavy atom. The Morgan fingerprint density at radius 3 is 2.85 bits per heavy atom. The van der Waals surface area contributed by atoms with Crippen LogP contribution in [0.5, 0.6) is 5.75 Å². The Balaban J connectivity index is 2.45. The van der Waals surface area contributed by atoms with Crippen molar-refractivity contribution >= 4 is 6.08 Å². The zero-order valence-corrected chi connectivity index (χ0v) is 11.8. The van der Waals surface area contributed by atoms with E-state index in [0.29, 0.717) is 18.8 Å². The normalized spacial score (nSPS) is 14.4. The number of hydrogen-bond donors (Lipinski definition) is 2. The summed E-state index contributed by atoms with van der Waals surface area (Å²) >= 11 is 0. The maximum Gasteiger partial charge on any atom is 0.122 e. The summed E-state index contributed by atoms with van der Waals surface area (Å²) in [6.07, 6.45) is 4.52. The molecule has 0 unspecified atom stereocenters. The Hall–Kier alpha value is -1.78. The molecule has 0 bridgehead atoms. The van der Waals surface area contributed by atoms with Crippen LogP contribution in [0.15, 0.2) is 29.5 Å². The molecular weight excluding hydrogens is 256 g/mol. The lowest BCUT2D eigenvalue weighted by Crippen LogP contribution is -2.08. The van der Waals surface area contributed by atoms with Crippen molar-refractivity contribution in [3.63, 3.8) is 0 Å². The van der Waals surface area contributed by atoms with Gasteiger partial charge in [-0.15, -0.1) is 0 Å². The SMILES string of the molecule is COc1ccc2c(c1C/C=C(\C)CO)C=C(CO)OC2. The molecule has 108 valence electrons. The molecule has 0 saturated carbocycles. The van der Waals surface area contributed by atoms with Crippen LogP contribution in [0.4, 0.5) is 0 Å². The summed E-state index contributed by atoms with van der Waals surface area (Å²) in [6.45, 7) is 2.29. The van der Waals surface area contributed by atoms with E-state index in [1.165, 1.54) is 0 Å². The van der Waals surface area contributed by atoms with Crippen molar-refractivity contribution < 1.29 is 19.7 Å². The fourth-order valence-corrected chi connectivity index (χ4v) is 2.21. The molecule has 1 aliphatic rings. The third-order valence-corrected chi connectivity index (χ3v) is 3.40. The second-order valence-electron chi connectivity index (χ2n) is 4.79. The van der Waals surface area contributed by atoms with E-state index in [9.17, 15) is 5.11 Å². The quantitative estimate of drug-likeness (QED) is 0.808. The molecule has 20 heavy (non-hydrogen) atoms. The van der Waals surface area contributed by atoms with Gasteiger partial charge in [0.15, 0.2) is 0 Å². The molecule has 1 aliphatic heterocycles. The molecule has 0 spiro atoms. The van der Waals surface area contributed by atoms with Gasteiger partial charge in [-0.3, -0.25) is 0 Å². The van der Waals surface area contributed by atoms with Gasteiger partial charge in [-0.2, -0.15) is 0 Å². The second kappa shape index (κ2) is 6.59. The summed E-state index contributed by atoms with van der Waals surface area (Å²) in [6, 6.07) is 3.91. The van der Waals surface area contributed by atoms with Crippen LogP contribution in [0.2, 0.25) is 0 Å². The zero-order valence-electron chi connectivity index (χ0n) is 11.8. The lowest BCUT2D eigenvalue weighted by Gasteiger charge is -2.21. The van der Waals surface area contributed by atoms with Gasteiger partial charge in [0.25, 0.3) is 0 Å². The highest BCUT2D eigenvalue weighted by Gasteiger charge is 2.17. The monoisotopic (exact) mass is 276 g/mol. The molecule has 0 saturated heterocycles. The summed E-state index contributed by atoms with van der Waals surface area (Å²) in [7, 11) is 1.64. The van der Waals surface area contributed by atoms with E-state index in [-0.39, 0.29) is 13.2 Å². The third kappa shape index (κ3) is 3.03. The first-order valence-corrected chi connectivity index (χ1v) is 6.59. The maximum absolute atomic E-state index is 9.22. The maximum atomic E-state index is 9.22. The van der Waals surface area contributed by atoms with E-state index >= 15 is 0 Å². The molecular formula is C16H20O4. The summed E-state index contributed by atoms with van der Waals surface area (Å²) in [4.78, 5) is 0. The van der Waals surface area contributed by atoms with Crippen molar-refractivity contribution in [3.05, 3.63) is 46.2 Å². The molecule has 2 N–H and O–H groups in total. The van der Waals surface area contributed by atoms with E-state index in [4.69, 9.17) is 14.6 Å². The standard InChI is InChI=1S/C16H20O4/c1-11(8-17)3-5-14-15-7-13(9-18)20-10-12(15)4-6-16(14)19-2/h3-4,6-7,17-18H,5,8-10H2,1-2H3/b11-3+. The van der Waals surface area contributed by atoms with Crippen LogP contribution >= 0.6 is 0 Å². The van der Waals surface area contributed by atoms with E-state index in [0.717, 1.165) is 28.0 Å². The topological polar surface area (TPSA) is 58.9 Å². The number of aliphatic hydroxyl groups excluding tert-OH is 2. The molecule has 0 radical (unpaired) electrons. The molecule has 1 aromatic rings. The summed E-state index contributed by atoms with van der Waals surface area (Å²) in [5, 5.41) is 18.3. The van der Waals surface area contributed by atoms with Gasteiger partial charge in [0.2, 0.25) is 0 Å². The first-order chi connectivity index (χ1) is 9.69. The van der Waals surface area contributed by atoms with E-state index in [1.807, 2.05) is 31.2 Å². The van der Waals surface area contributed by atoms with Gasteiger partial charge in [-0.1, -0.05) is 17.7 Å². The van der Waals surface area contributed by atoms with Crippen LogP contribution in [0.25, 0.3) is 6.08 Å². The minimum Gasteiger partial charge on any atom is -0.496 e. The highest BCUT2D eigenvalue weighted by atomic mass is 16.5. The third-order valence-electron chi connectivity index (χ3n) is 3.40. The lowest BCUT2D eigenvalue weighted by atomic mass is 9.95. The summed E-state index contributed by atoms with van der Waals surface area (Å²) in [5.41, 5.74) is 4.09. The summed E-state index contributed by atoms with van der Waals surface area (Å²) < 4.78 is 10.9. The molecule has 1 aromatic carbocycles. The van der Waals surface area contributed by atoms with Gasteiger partial charge in [0.05, 0.1) is 13.7 Å². The molecule has 4 nitrogen and oxygen atoms in total. The Kier molecular flexibility index (Phi) is 4.82. The largest absolute Gasteiger partial charge is 0.496 e. The molecule has 2 rings (SSSR count). The molecule has 0 atom stereocenters. The highest BCUT2D eigenvalue weighted by molar-refractivity contribution is 5.65. The number of hydrogen-bond acceptors (Lipinski definition) is 4. The van der Waals surface area contributed by atoms with Crippen molar-refractivity contribution in [2.24, 2.45) is 0 Å². The average molecular weight is 276 g/mol. The predicted molar refractivity (Wildman–Crippen MR) is 77.4 cm³/mol. The van der Waals surface area contributed by atoms with Gasteiger partial charge < -0.3 is 19.7 Å². The van der Waals surface area contributed by atoms with Crippen molar-refractivity contribution in [2.75, 3.05) is 20.3 Å². The highest BCUT2D eigenvalue weighted by Crippen LogP contribution is 2.32. The number of methoxy groups -OCH3 is 1. The van der Waals surface area contributed by atoms with Crippen molar-refractivity contribution in [3.8, 4) is 5.75 Å². The van der Waals surface area contributed by atoms with Crippen LogP contribution in [0.1, 0.15) is 23.6 Å². The first-order valence-electron chi connectivity index (χ1n) is 6.59. The van der Waals surface area contributed by atoms with Crippen LogP contribution in [0.3, 0.4) is 0 Å². The van der Waals surface area contributed by atoms with Gasteiger partial charge in [0, 0.05) is 5.56 Å². The number of fused-ring (bicyclic) bond motifs is 1. The molecule has 0 aromatic heterocycles.